The number of amides is 3. The zero-order chi connectivity index (χ0) is 23.0. The van der Waals surface area contributed by atoms with Crippen LogP contribution in [0.1, 0.15) is 54.9 Å². The van der Waals surface area contributed by atoms with Crippen LogP contribution < -0.4 is 10.2 Å². The molecular formula is C24H31N5O3. The number of benzene rings is 1. The van der Waals surface area contributed by atoms with E-state index in [1.807, 2.05) is 43.7 Å². The number of nitrogens with one attached hydrogen (secondary N) is 1. The quantitative estimate of drug-likeness (QED) is 0.721. The van der Waals surface area contributed by atoms with Gasteiger partial charge in [0.05, 0.1) is 16.9 Å². The maximum absolute atomic E-state index is 13.2. The summed E-state index contributed by atoms with van der Waals surface area (Å²) in [6.45, 7) is 9.52. The fourth-order valence-electron chi connectivity index (χ4n) is 4.85. The van der Waals surface area contributed by atoms with E-state index >= 15 is 0 Å². The van der Waals surface area contributed by atoms with Gasteiger partial charge in [0.15, 0.2) is 0 Å². The maximum atomic E-state index is 13.2. The molecule has 1 N–H and O–H groups in total. The lowest BCUT2D eigenvalue weighted by molar-refractivity contribution is -0.121. The van der Waals surface area contributed by atoms with Crippen molar-refractivity contribution in [3.05, 3.63) is 47.3 Å². The lowest BCUT2D eigenvalue weighted by Crippen LogP contribution is -2.62. The summed E-state index contributed by atoms with van der Waals surface area (Å²) in [7, 11) is 0. The van der Waals surface area contributed by atoms with Crippen molar-refractivity contribution in [1.29, 1.82) is 0 Å². The van der Waals surface area contributed by atoms with Crippen LogP contribution in [0.2, 0.25) is 0 Å². The summed E-state index contributed by atoms with van der Waals surface area (Å²) in [6.07, 6.45) is 1.15. The first-order valence-electron chi connectivity index (χ1n) is 11.2. The van der Waals surface area contributed by atoms with Crippen LogP contribution in [0.15, 0.2) is 30.3 Å². The van der Waals surface area contributed by atoms with E-state index in [9.17, 15) is 14.4 Å². The van der Waals surface area contributed by atoms with Gasteiger partial charge in [-0.3, -0.25) is 24.0 Å². The number of carbonyl (C=O) groups is 3. The summed E-state index contributed by atoms with van der Waals surface area (Å²) in [5.74, 6) is 0.0110. The summed E-state index contributed by atoms with van der Waals surface area (Å²) >= 11 is 0. The van der Waals surface area contributed by atoms with E-state index in [4.69, 9.17) is 0 Å². The average molecular weight is 438 g/mol. The van der Waals surface area contributed by atoms with Gasteiger partial charge in [-0.05, 0) is 51.3 Å². The third-order valence-electron chi connectivity index (χ3n) is 6.54. The molecule has 0 saturated carbocycles. The summed E-state index contributed by atoms with van der Waals surface area (Å²) in [5, 5.41) is 7.46. The van der Waals surface area contributed by atoms with Crippen LogP contribution >= 0.6 is 0 Å². The molecule has 2 aliphatic heterocycles. The fraction of sp³-hybridized carbons (Fsp3) is 0.500. The number of fused-ring (bicyclic) bond motifs is 3. The van der Waals surface area contributed by atoms with E-state index in [1.165, 1.54) is 0 Å². The normalized spacial score (nSPS) is 20.9. The Morgan fingerprint density at radius 3 is 2.72 bits per heavy atom. The summed E-state index contributed by atoms with van der Waals surface area (Å²) in [6, 6.07) is 9.25. The number of para-hydroxylation sites is 1. The number of rotatable bonds is 7. The molecule has 2 aromatic rings. The number of hydrogen-bond acceptors (Lipinski definition) is 4. The molecule has 1 aromatic carbocycles. The van der Waals surface area contributed by atoms with E-state index in [0.717, 1.165) is 17.9 Å². The Balaban J connectivity index is 1.37. The second kappa shape index (κ2) is 8.41. The van der Waals surface area contributed by atoms with Crippen LogP contribution in [-0.4, -0.2) is 51.2 Å². The molecule has 2 aliphatic rings. The molecule has 0 bridgehead atoms. The molecular weight excluding hydrogens is 406 g/mol. The molecule has 0 aliphatic carbocycles. The van der Waals surface area contributed by atoms with Crippen molar-refractivity contribution in [2.75, 3.05) is 18.0 Å². The highest BCUT2D eigenvalue weighted by Crippen LogP contribution is 2.43. The number of nitrogens with zero attached hydrogens (tertiary/aromatic N) is 4. The van der Waals surface area contributed by atoms with Gasteiger partial charge in [0.2, 0.25) is 11.8 Å². The Bertz CT molecular complexity index is 1060. The fourth-order valence-corrected chi connectivity index (χ4v) is 4.85. The van der Waals surface area contributed by atoms with E-state index in [-0.39, 0.29) is 36.6 Å². The number of anilines is 1. The topological polar surface area (TPSA) is 87.5 Å². The standard InChI is InChI=1S/C24H31N5O3/c1-16(15-28-18(3)13-17(2)26-28)14-25-21(30)10-12-27-23(32)19-7-5-6-8-20(19)29-22(31)9-11-24(27,29)4/h5-8,13,16H,9-12,14-15H2,1-4H3,(H,25,30)/t16-,24-/m1/s1. The zero-order valence-corrected chi connectivity index (χ0v) is 19.2. The van der Waals surface area contributed by atoms with Gasteiger partial charge in [-0.15, -0.1) is 0 Å². The Hall–Kier alpha value is -3.16. The molecule has 1 aromatic heterocycles. The number of aromatic nitrogens is 2. The molecule has 3 amide bonds. The molecule has 0 unspecified atom stereocenters. The van der Waals surface area contributed by atoms with E-state index in [0.29, 0.717) is 30.6 Å². The highest BCUT2D eigenvalue weighted by atomic mass is 16.2. The van der Waals surface area contributed by atoms with Crippen LogP contribution in [0.5, 0.6) is 0 Å². The first kappa shape index (κ1) is 22.0. The third-order valence-corrected chi connectivity index (χ3v) is 6.54. The minimum atomic E-state index is -0.731. The summed E-state index contributed by atoms with van der Waals surface area (Å²) < 4.78 is 1.96. The largest absolute Gasteiger partial charge is 0.356 e. The number of carbonyl (C=O) groups excluding carboxylic acids is 3. The Morgan fingerprint density at radius 2 is 2.00 bits per heavy atom. The Kier molecular flexibility index (Phi) is 5.79. The minimum Gasteiger partial charge on any atom is -0.356 e. The highest BCUT2D eigenvalue weighted by Gasteiger charge is 2.52. The molecule has 8 nitrogen and oxygen atoms in total. The second-order valence-corrected chi connectivity index (χ2v) is 9.19. The van der Waals surface area contributed by atoms with Crippen molar-refractivity contribution in [3.63, 3.8) is 0 Å². The molecule has 0 spiro atoms. The smallest absolute Gasteiger partial charge is 0.257 e. The first-order valence-corrected chi connectivity index (χ1v) is 11.2. The Labute approximate surface area is 188 Å². The van der Waals surface area contributed by atoms with Crippen LogP contribution in [-0.2, 0) is 16.1 Å². The van der Waals surface area contributed by atoms with Crippen molar-refractivity contribution in [1.82, 2.24) is 20.0 Å². The number of aryl methyl sites for hydroxylation is 2. The van der Waals surface area contributed by atoms with Crippen LogP contribution in [0.3, 0.4) is 0 Å². The van der Waals surface area contributed by atoms with Crippen molar-refractivity contribution in [3.8, 4) is 0 Å². The summed E-state index contributed by atoms with van der Waals surface area (Å²) in [5.41, 5.74) is 2.54. The summed E-state index contributed by atoms with van der Waals surface area (Å²) in [4.78, 5) is 41.9. The van der Waals surface area contributed by atoms with E-state index in [1.54, 1.807) is 21.9 Å². The van der Waals surface area contributed by atoms with Crippen molar-refractivity contribution >= 4 is 23.4 Å². The van der Waals surface area contributed by atoms with E-state index < -0.39 is 5.66 Å². The van der Waals surface area contributed by atoms with Gasteiger partial charge >= 0.3 is 0 Å². The van der Waals surface area contributed by atoms with Gasteiger partial charge < -0.3 is 10.2 Å². The monoisotopic (exact) mass is 437 g/mol. The third kappa shape index (κ3) is 3.89. The number of hydrogen-bond donors (Lipinski definition) is 1. The molecule has 170 valence electrons. The molecule has 2 atom stereocenters. The second-order valence-electron chi connectivity index (χ2n) is 9.19. The predicted octanol–water partition coefficient (Wildman–Crippen LogP) is 2.64. The van der Waals surface area contributed by atoms with Crippen molar-refractivity contribution in [2.45, 2.75) is 59.2 Å². The van der Waals surface area contributed by atoms with Crippen molar-refractivity contribution in [2.24, 2.45) is 5.92 Å². The maximum Gasteiger partial charge on any atom is 0.257 e. The van der Waals surface area contributed by atoms with Gasteiger partial charge in [-0.2, -0.15) is 5.10 Å². The minimum absolute atomic E-state index is 0.0138. The lowest BCUT2D eigenvalue weighted by atomic mass is 9.98. The molecule has 1 fully saturated rings. The molecule has 0 radical (unpaired) electrons. The van der Waals surface area contributed by atoms with Crippen LogP contribution in [0, 0.1) is 19.8 Å². The zero-order valence-electron chi connectivity index (χ0n) is 19.2. The van der Waals surface area contributed by atoms with Crippen LogP contribution in [0.25, 0.3) is 0 Å². The lowest BCUT2D eigenvalue weighted by Gasteiger charge is -2.48. The Morgan fingerprint density at radius 1 is 1.25 bits per heavy atom. The van der Waals surface area contributed by atoms with Gasteiger partial charge in [0.1, 0.15) is 5.66 Å². The van der Waals surface area contributed by atoms with Gasteiger partial charge in [0.25, 0.3) is 5.91 Å². The molecule has 8 heteroatoms. The molecule has 4 rings (SSSR count). The molecule has 3 heterocycles. The van der Waals surface area contributed by atoms with Gasteiger partial charge in [-0.1, -0.05) is 19.1 Å². The highest BCUT2D eigenvalue weighted by molar-refractivity contribution is 6.10. The average Bonchev–Trinajstić information content (AvgIpc) is 3.23. The first-order chi connectivity index (χ1) is 15.2. The van der Waals surface area contributed by atoms with Crippen LogP contribution in [0.4, 0.5) is 5.69 Å². The van der Waals surface area contributed by atoms with Gasteiger partial charge in [-0.25, -0.2) is 0 Å². The van der Waals surface area contributed by atoms with Crippen molar-refractivity contribution < 1.29 is 14.4 Å². The predicted molar refractivity (Wildman–Crippen MR) is 121 cm³/mol. The molecule has 1 saturated heterocycles. The van der Waals surface area contributed by atoms with Gasteiger partial charge in [0, 0.05) is 38.2 Å². The molecule has 32 heavy (non-hydrogen) atoms. The SMILES string of the molecule is Cc1cc(C)n(C[C@H](C)CNC(=O)CCN2C(=O)c3ccccc3N3C(=O)CC[C@]23C)n1. The van der Waals surface area contributed by atoms with E-state index in [2.05, 4.69) is 17.3 Å².